The molecule has 0 radical (unpaired) electrons. The summed E-state index contributed by atoms with van der Waals surface area (Å²) in [6, 6.07) is 0.493. The lowest BCUT2D eigenvalue weighted by Gasteiger charge is -2.28. The molecule has 1 atom stereocenters. The van der Waals surface area contributed by atoms with Crippen LogP contribution >= 0.6 is 0 Å². The molecule has 2 nitrogen and oxygen atoms in total. The summed E-state index contributed by atoms with van der Waals surface area (Å²) in [5, 5.41) is 2.40. The van der Waals surface area contributed by atoms with E-state index in [1.54, 1.807) is 0 Å². The Bertz CT molecular complexity index is 199. The number of nitrogens with one attached hydrogen (secondary N) is 1. The largest absolute Gasteiger partial charge is 0.255 e. The molecule has 0 aromatic carbocycles. The molecule has 0 fully saturated rings. The van der Waals surface area contributed by atoms with Crippen molar-refractivity contribution in [2.75, 3.05) is 13.1 Å². The highest BCUT2D eigenvalue weighted by atomic mass is 15.5. The number of hydrogen-bond donors (Lipinski definition) is 1. The standard InChI is InChI=1S/C16H34N2/c1-6-8-9-14-18(17-13-7-2)16(5)12-10-11-15(3)4/h10,12,15-17H,6-9,11,13-14H2,1-5H3/b12-10-. The molecule has 0 heterocycles. The highest BCUT2D eigenvalue weighted by Gasteiger charge is 2.09. The summed E-state index contributed by atoms with van der Waals surface area (Å²) >= 11 is 0. The molecule has 0 spiro atoms. The Morgan fingerprint density at radius 2 is 1.78 bits per heavy atom. The Morgan fingerprint density at radius 1 is 1.06 bits per heavy atom. The summed E-state index contributed by atoms with van der Waals surface area (Å²) in [5.74, 6) is 0.755. The van der Waals surface area contributed by atoms with E-state index in [-0.39, 0.29) is 0 Å². The molecule has 0 bridgehead atoms. The lowest BCUT2D eigenvalue weighted by atomic mass is 10.1. The summed E-state index contributed by atoms with van der Waals surface area (Å²) in [4.78, 5) is 0. The first-order chi connectivity index (χ1) is 8.61. The van der Waals surface area contributed by atoms with Crippen LogP contribution in [0.1, 0.15) is 66.7 Å². The predicted molar refractivity (Wildman–Crippen MR) is 82.6 cm³/mol. The van der Waals surface area contributed by atoms with Gasteiger partial charge in [-0.25, -0.2) is 5.01 Å². The number of rotatable bonds is 11. The van der Waals surface area contributed by atoms with E-state index in [2.05, 4.69) is 57.2 Å². The molecule has 0 aliphatic rings. The second-order valence-electron chi connectivity index (χ2n) is 5.61. The van der Waals surface area contributed by atoms with E-state index < -0.39 is 0 Å². The Kier molecular flexibility index (Phi) is 11.5. The second-order valence-corrected chi connectivity index (χ2v) is 5.61. The summed E-state index contributed by atoms with van der Waals surface area (Å²) < 4.78 is 0. The van der Waals surface area contributed by atoms with Crippen LogP contribution in [0.25, 0.3) is 0 Å². The van der Waals surface area contributed by atoms with Gasteiger partial charge in [0, 0.05) is 19.1 Å². The quantitative estimate of drug-likeness (QED) is 0.334. The molecule has 0 rings (SSSR count). The first kappa shape index (κ1) is 17.7. The van der Waals surface area contributed by atoms with Gasteiger partial charge in [-0.05, 0) is 32.1 Å². The lowest BCUT2D eigenvalue weighted by molar-refractivity contribution is 0.156. The van der Waals surface area contributed by atoms with Crippen LogP contribution in [0.2, 0.25) is 0 Å². The fourth-order valence-electron chi connectivity index (χ4n) is 1.87. The van der Waals surface area contributed by atoms with Gasteiger partial charge in [0.25, 0.3) is 0 Å². The lowest BCUT2D eigenvalue weighted by Crippen LogP contribution is -2.44. The molecular formula is C16H34N2. The molecule has 0 aromatic heterocycles. The minimum Gasteiger partial charge on any atom is -0.255 e. The van der Waals surface area contributed by atoms with Crippen LogP contribution in [0, 0.1) is 5.92 Å². The van der Waals surface area contributed by atoms with Crippen molar-refractivity contribution in [1.82, 2.24) is 10.4 Å². The van der Waals surface area contributed by atoms with Crippen molar-refractivity contribution in [2.45, 2.75) is 72.8 Å². The van der Waals surface area contributed by atoms with Gasteiger partial charge >= 0.3 is 0 Å². The van der Waals surface area contributed by atoms with E-state index >= 15 is 0 Å². The third-order valence-electron chi connectivity index (χ3n) is 3.08. The van der Waals surface area contributed by atoms with Crippen molar-refractivity contribution in [3.63, 3.8) is 0 Å². The van der Waals surface area contributed by atoms with E-state index in [1.807, 2.05) is 0 Å². The third-order valence-corrected chi connectivity index (χ3v) is 3.08. The highest BCUT2D eigenvalue weighted by Crippen LogP contribution is 2.05. The number of nitrogens with zero attached hydrogens (tertiary/aromatic N) is 1. The summed E-state index contributed by atoms with van der Waals surface area (Å²) in [5.41, 5.74) is 3.55. The van der Waals surface area contributed by atoms with Gasteiger partial charge in [-0.1, -0.05) is 52.7 Å². The molecule has 0 aliphatic carbocycles. The first-order valence-electron chi connectivity index (χ1n) is 7.78. The van der Waals surface area contributed by atoms with Gasteiger partial charge in [0.2, 0.25) is 0 Å². The average molecular weight is 254 g/mol. The maximum atomic E-state index is 3.55. The van der Waals surface area contributed by atoms with Crippen molar-refractivity contribution < 1.29 is 0 Å². The average Bonchev–Trinajstić information content (AvgIpc) is 2.33. The molecule has 108 valence electrons. The molecule has 0 amide bonds. The Hall–Kier alpha value is -0.340. The zero-order valence-electron chi connectivity index (χ0n) is 13.2. The fraction of sp³-hybridized carbons (Fsp3) is 0.875. The van der Waals surface area contributed by atoms with Crippen LogP contribution in [0.3, 0.4) is 0 Å². The van der Waals surface area contributed by atoms with Gasteiger partial charge < -0.3 is 0 Å². The predicted octanol–water partition coefficient (Wildman–Crippen LogP) is 4.38. The van der Waals surface area contributed by atoms with Crippen LogP contribution in [0.15, 0.2) is 12.2 Å². The van der Waals surface area contributed by atoms with Crippen LogP contribution in [0.5, 0.6) is 0 Å². The second kappa shape index (κ2) is 11.7. The molecule has 1 unspecified atom stereocenters. The van der Waals surface area contributed by atoms with Crippen molar-refractivity contribution in [3.05, 3.63) is 12.2 Å². The molecule has 0 aliphatic heterocycles. The molecule has 18 heavy (non-hydrogen) atoms. The number of hydrogen-bond acceptors (Lipinski definition) is 2. The van der Waals surface area contributed by atoms with Gasteiger partial charge in [-0.2, -0.15) is 0 Å². The summed E-state index contributed by atoms with van der Waals surface area (Å²) in [7, 11) is 0. The van der Waals surface area contributed by atoms with E-state index in [0.717, 1.165) is 19.0 Å². The van der Waals surface area contributed by atoms with E-state index in [4.69, 9.17) is 0 Å². The smallest absolute Gasteiger partial charge is 0.0395 e. The monoisotopic (exact) mass is 254 g/mol. The molecule has 2 heteroatoms. The molecular weight excluding hydrogens is 220 g/mol. The van der Waals surface area contributed by atoms with Gasteiger partial charge in [0.05, 0.1) is 0 Å². The van der Waals surface area contributed by atoms with Crippen LogP contribution in [0.4, 0.5) is 0 Å². The van der Waals surface area contributed by atoms with Crippen molar-refractivity contribution in [1.29, 1.82) is 0 Å². The molecule has 1 N–H and O–H groups in total. The minimum atomic E-state index is 0.493. The highest BCUT2D eigenvalue weighted by molar-refractivity contribution is 4.91. The molecule has 0 saturated carbocycles. The Balaban J connectivity index is 4.11. The number of unbranched alkanes of at least 4 members (excludes halogenated alkanes) is 2. The maximum absolute atomic E-state index is 3.55. The van der Waals surface area contributed by atoms with E-state index in [1.165, 1.54) is 32.1 Å². The minimum absolute atomic E-state index is 0.493. The van der Waals surface area contributed by atoms with Gasteiger partial charge in [-0.15, -0.1) is 0 Å². The van der Waals surface area contributed by atoms with Gasteiger partial charge in [0.15, 0.2) is 0 Å². The summed E-state index contributed by atoms with van der Waals surface area (Å²) in [6.07, 6.45) is 10.9. The topological polar surface area (TPSA) is 15.3 Å². The molecule has 0 aromatic rings. The van der Waals surface area contributed by atoms with Crippen LogP contribution in [-0.2, 0) is 0 Å². The normalized spacial score (nSPS) is 13.9. The van der Waals surface area contributed by atoms with Crippen LogP contribution < -0.4 is 5.43 Å². The summed E-state index contributed by atoms with van der Waals surface area (Å²) in [6.45, 7) is 13.5. The Labute approximate surface area is 115 Å². The van der Waals surface area contributed by atoms with E-state index in [9.17, 15) is 0 Å². The zero-order valence-corrected chi connectivity index (χ0v) is 13.2. The van der Waals surface area contributed by atoms with E-state index in [0.29, 0.717) is 6.04 Å². The van der Waals surface area contributed by atoms with Crippen molar-refractivity contribution in [2.24, 2.45) is 5.92 Å². The van der Waals surface area contributed by atoms with Gasteiger partial charge in [-0.3, -0.25) is 5.43 Å². The van der Waals surface area contributed by atoms with Crippen molar-refractivity contribution >= 4 is 0 Å². The van der Waals surface area contributed by atoms with Crippen molar-refractivity contribution in [3.8, 4) is 0 Å². The van der Waals surface area contributed by atoms with Gasteiger partial charge in [0.1, 0.15) is 0 Å². The Morgan fingerprint density at radius 3 is 2.33 bits per heavy atom. The SMILES string of the molecule is CCCCCN(NCCC)C(C)/C=C\CC(C)C. The maximum Gasteiger partial charge on any atom is 0.0395 e. The number of allylic oxidation sites excluding steroid dienone is 1. The first-order valence-corrected chi connectivity index (χ1v) is 7.78. The third kappa shape index (κ3) is 9.67. The molecule has 0 saturated heterocycles. The zero-order chi connectivity index (χ0) is 13.8. The number of hydrazine groups is 1. The fourth-order valence-corrected chi connectivity index (χ4v) is 1.87. The van der Waals surface area contributed by atoms with Crippen LogP contribution in [-0.4, -0.2) is 24.1 Å².